The maximum Gasteiger partial charge on any atom is 0.134 e. The van der Waals surface area contributed by atoms with Crippen molar-refractivity contribution >= 4 is 21.7 Å². The second kappa shape index (κ2) is 7.72. The minimum atomic E-state index is 0.346. The van der Waals surface area contributed by atoms with E-state index in [0.29, 0.717) is 12.0 Å². The smallest absolute Gasteiger partial charge is 0.134 e. The van der Waals surface area contributed by atoms with Gasteiger partial charge < -0.3 is 5.32 Å². The van der Waals surface area contributed by atoms with Crippen molar-refractivity contribution in [2.45, 2.75) is 65.3 Å². The maximum atomic E-state index is 4.55. The summed E-state index contributed by atoms with van der Waals surface area (Å²) in [5.41, 5.74) is 0. The Morgan fingerprint density at radius 1 is 1.22 bits per heavy atom. The zero-order chi connectivity index (χ0) is 13.5. The summed E-state index contributed by atoms with van der Waals surface area (Å²) in [5, 5.41) is 3.46. The van der Waals surface area contributed by atoms with Gasteiger partial charge in [-0.3, -0.25) is 0 Å². The molecule has 1 atom stereocenters. The van der Waals surface area contributed by atoms with Crippen LogP contribution in [0.25, 0.3) is 0 Å². The zero-order valence-electron chi connectivity index (χ0n) is 11.8. The first kappa shape index (κ1) is 15.4. The number of halogens is 1. The molecule has 0 fully saturated rings. The van der Waals surface area contributed by atoms with Gasteiger partial charge in [-0.05, 0) is 29.3 Å². The lowest BCUT2D eigenvalue weighted by molar-refractivity contribution is 0.612. The van der Waals surface area contributed by atoms with Gasteiger partial charge in [0.25, 0.3) is 0 Å². The first-order valence-electron chi connectivity index (χ1n) is 6.84. The van der Waals surface area contributed by atoms with E-state index in [0.717, 1.165) is 16.2 Å². The standard InChI is InChI=1S/C14H24BrN3/c1-5-6-7-8-11(4)16-13-9-12(15)17-14(18-13)10(2)3/h9-11H,5-8H2,1-4H3,(H,16,17,18). The molecule has 4 heteroatoms. The molecular weight excluding hydrogens is 290 g/mol. The Morgan fingerprint density at radius 3 is 2.56 bits per heavy atom. The molecule has 0 bridgehead atoms. The summed E-state index contributed by atoms with van der Waals surface area (Å²) in [5.74, 6) is 2.15. The third-order valence-corrected chi connectivity index (χ3v) is 3.27. The van der Waals surface area contributed by atoms with Crippen LogP contribution in [-0.2, 0) is 0 Å². The van der Waals surface area contributed by atoms with E-state index in [-0.39, 0.29) is 0 Å². The number of rotatable bonds is 7. The SMILES string of the molecule is CCCCCC(C)Nc1cc(Br)nc(C(C)C)n1. The third-order valence-electron chi connectivity index (χ3n) is 2.86. The van der Waals surface area contributed by atoms with Crippen molar-refractivity contribution in [1.82, 2.24) is 9.97 Å². The third kappa shape index (κ3) is 5.34. The number of nitrogens with one attached hydrogen (secondary N) is 1. The van der Waals surface area contributed by atoms with E-state index >= 15 is 0 Å². The van der Waals surface area contributed by atoms with E-state index in [2.05, 4.69) is 58.9 Å². The van der Waals surface area contributed by atoms with Gasteiger partial charge in [-0.25, -0.2) is 9.97 Å². The number of nitrogens with zero attached hydrogens (tertiary/aromatic N) is 2. The molecule has 0 aliphatic rings. The highest BCUT2D eigenvalue weighted by molar-refractivity contribution is 9.10. The summed E-state index contributed by atoms with van der Waals surface area (Å²) < 4.78 is 0.851. The van der Waals surface area contributed by atoms with Gasteiger partial charge in [-0.1, -0.05) is 40.0 Å². The van der Waals surface area contributed by atoms with Crippen molar-refractivity contribution < 1.29 is 0 Å². The highest BCUT2D eigenvalue weighted by Gasteiger charge is 2.08. The minimum Gasteiger partial charge on any atom is -0.367 e. The topological polar surface area (TPSA) is 37.8 Å². The first-order valence-corrected chi connectivity index (χ1v) is 7.63. The summed E-state index contributed by atoms with van der Waals surface area (Å²) in [6.45, 7) is 8.65. The molecule has 0 aliphatic carbocycles. The lowest BCUT2D eigenvalue weighted by Crippen LogP contribution is -2.16. The summed E-state index contributed by atoms with van der Waals surface area (Å²) in [6, 6.07) is 2.40. The number of hydrogen-bond acceptors (Lipinski definition) is 3. The quantitative estimate of drug-likeness (QED) is 0.583. The van der Waals surface area contributed by atoms with Crippen LogP contribution in [0.3, 0.4) is 0 Å². The highest BCUT2D eigenvalue weighted by atomic mass is 79.9. The Labute approximate surface area is 119 Å². The summed E-state index contributed by atoms with van der Waals surface area (Å²) in [7, 11) is 0. The molecule has 0 aliphatic heterocycles. The second-order valence-corrected chi connectivity index (χ2v) is 5.94. The van der Waals surface area contributed by atoms with Crippen LogP contribution in [0, 0.1) is 0 Å². The van der Waals surface area contributed by atoms with Crippen LogP contribution in [0.4, 0.5) is 5.82 Å². The number of hydrogen-bond donors (Lipinski definition) is 1. The second-order valence-electron chi connectivity index (χ2n) is 5.13. The van der Waals surface area contributed by atoms with Crippen molar-refractivity contribution in [3.8, 4) is 0 Å². The van der Waals surface area contributed by atoms with Gasteiger partial charge in [0.05, 0.1) is 0 Å². The van der Waals surface area contributed by atoms with E-state index in [9.17, 15) is 0 Å². The molecule has 0 saturated carbocycles. The fourth-order valence-electron chi connectivity index (χ4n) is 1.79. The zero-order valence-corrected chi connectivity index (χ0v) is 13.4. The molecule has 102 valence electrons. The van der Waals surface area contributed by atoms with Gasteiger partial charge in [-0.15, -0.1) is 0 Å². The largest absolute Gasteiger partial charge is 0.367 e. The fourth-order valence-corrected chi connectivity index (χ4v) is 2.19. The molecule has 1 rings (SSSR count). The lowest BCUT2D eigenvalue weighted by atomic mass is 10.1. The molecule has 0 saturated heterocycles. The molecule has 1 heterocycles. The molecule has 0 aromatic carbocycles. The van der Waals surface area contributed by atoms with E-state index in [1.165, 1.54) is 25.7 Å². The predicted octanol–water partition coefficient (Wildman–Crippen LogP) is 4.74. The van der Waals surface area contributed by atoms with Gasteiger partial charge in [0.1, 0.15) is 16.2 Å². The Bertz CT molecular complexity index is 366. The van der Waals surface area contributed by atoms with Crippen LogP contribution in [0.1, 0.15) is 65.1 Å². The number of anilines is 1. The van der Waals surface area contributed by atoms with Gasteiger partial charge in [-0.2, -0.15) is 0 Å². The Morgan fingerprint density at radius 2 is 1.94 bits per heavy atom. The summed E-state index contributed by atoms with van der Waals surface area (Å²) in [6.07, 6.45) is 5.03. The van der Waals surface area contributed by atoms with Gasteiger partial charge in [0.2, 0.25) is 0 Å². The molecule has 18 heavy (non-hydrogen) atoms. The molecule has 1 aromatic heterocycles. The van der Waals surface area contributed by atoms with E-state index in [1.807, 2.05) is 6.07 Å². The Balaban J connectivity index is 2.60. The van der Waals surface area contributed by atoms with Gasteiger partial charge >= 0.3 is 0 Å². The van der Waals surface area contributed by atoms with Crippen LogP contribution in [-0.4, -0.2) is 16.0 Å². The monoisotopic (exact) mass is 313 g/mol. The van der Waals surface area contributed by atoms with E-state index in [1.54, 1.807) is 0 Å². The Kier molecular flexibility index (Phi) is 6.61. The van der Waals surface area contributed by atoms with E-state index < -0.39 is 0 Å². The van der Waals surface area contributed by atoms with Crippen LogP contribution >= 0.6 is 15.9 Å². The molecule has 0 spiro atoms. The van der Waals surface area contributed by atoms with E-state index in [4.69, 9.17) is 0 Å². The molecule has 1 aromatic rings. The molecule has 3 nitrogen and oxygen atoms in total. The first-order chi connectivity index (χ1) is 8.52. The molecular formula is C14H24BrN3. The average molecular weight is 314 g/mol. The van der Waals surface area contributed by atoms with Crippen molar-refractivity contribution in [2.75, 3.05) is 5.32 Å². The fraction of sp³-hybridized carbons (Fsp3) is 0.714. The summed E-state index contributed by atoms with van der Waals surface area (Å²) >= 11 is 3.44. The van der Waals surface area contributed by atoms with Crippen LogP contribution in [0.5, 0.6) is 0 Å². The summed E-state index contributed by atoms with van der Waals surface area (Å²) in [4.78, 5) is 8.93. The van der Waals surface area contributed by atoms with Crippen LogP contribution in [0.15, 0.2) is 10.7 Å². The number of unbranched alkanes of at least 4 members (excludes halogenated alkanes) is 2. The van der Waals surface area contributed by atoms with Crippen molar-refractivity contribution in [3.63, 3.8) is 0 Å². The predicted molar refractivity (Wildman–Crippen MR) is 81.0 cm³/mol. The Hall–Kier alpha value is -0.640. The van der Waals surface area contributed by atoms with Crippen molar-refractivity contribution in [2.24, 2.45) is 0 Å². The molecule has 1 N–H and O–H groups in total. The van der Waals surface area contributed by atoms with Gasteiger partial charge in [0, 0.05) is 18.0 Å². The van der Waals surface area contributed by atoms with Crippen LogP contribution < -0.4 is 5.32 Å². The molecule has 0 radical (unpaired) electrons. The molecule has 1 unspecified atom stereocenters. The van der Waals surface area contributed by atoms with Crippen LogP contribution in [0.2, 0.25) is 0 Å². The highest BCUT2D eigenvalue weighted by Crippen LogP contribution is 2.18. The molecule has 0 amide bonds. The van der Waals surface area contributed by atoms with Gasteiger partial charge in [0.15, 0.2) is 0 Å². The lowest BCUT2D eigenvalue weighted by Gasteiger charge is -2.15. The minimum absolute atomic E-state index is 0.346. The van der Waals surface area contributed by atoms with Crippen molar-refractivity contribution in [3.05, 3.63) is 16.5 Å². The number of aromatic nitrogens is 2. The normalized spacial score (nSPS) is 12.8. The average Bonchev–Trinajstić information content (AvgIpc) is 2.28. The van der Waals surface area contributed by atoms with Crippen molar-refractivity contribution in [1.29, 1.82) is 0 Å². The maximum absolute atomic E-state index is 4.55.